The monoisotopic (exact) mass is 522 g/mol. The second kappa shape index (κ2) is 10.7. The average molecular weight is 522 g/mol. The van der Waals surface area contributed by atoms with Crippen LogP contribution in [0.2, 0.25) is 0 Å². The number of non-ortho nitro benzene ring substituents is 2. The summed E-state index contributed by atoms with van der Waals surface area (Å²) in [6, 6.07) is 13.4. The van der Waals surface area contributed by atoms with Gasteiger partial charge in [-0.05, 0) is 12.5 Å². The zero-order chi connectivity index (χ0) is 26.5. The van der Waals surface area contributed by atoms with Crippen molar-refractivity contribution in [3.8, 4) is 29.0 Å². The Bertz CT molecular complexity index is 1530. The maximum absolute atomic E-state index is 13.1. The minimum Gasteiger partial charge on any atom is -0.481 e. The van der Waals surface area contributed by atoms with Crippen molar-refractivity contribution in [3.05, 3.63) is 90.6 Å². The van der Waals surface area contributed by atoms with E-state index in [0.29, 0.717) is 12.3 Å². The molecule has 0 aliphatic carbocycles. The molecular weight excluding hydrogens is 504 g/mol. The standard InChI is InChI=1S/C23H18N6O7S/c1-3-36-20-12-19(35-2)24-22(25-20)27-18(14-7-5-4-6-8-14)13-37-23(27)26-21(30)15-9-16(28(31)32)11-17(10-15)29(33)34/h4-13H,3H2,1-2H3. The largest absolute Gasteiger partial charge is 0.481 e. The quantitative estimate of drug-likeness (QED) is 0.246. The highest BCUT2D eigenvalue weighted by atomic mass is 32.1. The molecule has 2 aromatic carbocycles. The Kier molecular flexibility index (Phi) is 7.29. The van der Waals surface area contributed by atoms with E-state index < -0.39 is 27.1 Å². The number of nitrogens with zero attached hydrogens (tertiary/aromatic N) is 6. The Balaban J connectivity index is 1.94. The van der Waals surface area contributed by atoms with Crippen molar-refractivity contribution in [2.24, 2.45) is 4.99 Å². The van der Waals surface area contributed by atoms with Crippen LogP contribution >= 0.6 is 11.3 Å². The topological polar surface area (TPSA) is 165 Å². The van der Waals surface area contributed by atoms with E-state index in [4.69, 9.17) is 9.47 Å². The van der Waals surface area contributed by atoms with Crippen LogP contribution in [-0.4, -0.2) is 44.0 Å². The lowest BCUT2D eigenvalue weighted by Gasteiger charge is -2.11. The Morgan fingerprint density at radius 1 is 1.03 bits per heavy atom. The average Bonchev–Trinajstić information content (AvgIpc) is 3.32. The fourth-order valence-corrected chi connectivity index (χ4v) is 4.17. The van der Waals surface area contributed by atoms with Gasteiger partial charge >= 0.3 is 0 Å². The minimum absolute atomic E-state index is 0.0967. The van der Waals surface area contributed by atoms with Crippen LogP contribution in [0, 0.1) is 20.2 Å². The first kappa shape index (κ1) is 25.1. The highest BCUT2D eigenvalue weighted by molar-refractivity contribution is 7.07. The first-order chi connectivity index (χ1) is 17.8. The van der Waals surface area contributed by atoms with E-state index in [0.717, 1.165) is 35.1 Å². The number of hydrogen-bond donors (Lipinski definition) is 0. The van der Waals surface area contributed by atoms with Crippen molar-refractivity contribution in [2.75, 3.05) is 13.7 Å². The molecule has 0 saturated carbocycles. The minimum atomic E-state index is -0.921. The summed E-state index contributed by atoms with van der Waals surface area (Å²) in [5.41, 5.74) is -0.159. The SMILES string of the molecule is CCOc1cc(OC)nc(-n2c(-c3ccccc3)csc2=NC(=O)c2cc([N+](=O)[O-])cc([N+](=O)[O-])c2)n1. The van der Waals surface area contributed by atoms with E-state index in [1.165, 1.54) is 17.7 Å². The van der Waals surface area contributed by atoms with E-state index in [9.17, 15) is 25.0 Å². The molecule has 4 aromatic rings. The van der Waals surface area contributed by atoms with Gasteiger partial charge in [-0.25, -0.2) is 0 Å². The number of amides is 1. The lowest BCUT2D eigenvalue weighted by atomic mass is 10.1. The number of hydrogen-bond acceptors (Lipinski definition) is 10. The second-order valence-electron chi connectivity index (χ2n) is 7.26. The third-order valence-corrected chi connectivity index (χ3v) is 5.74. The molecule has 0 bridgehead atoms. The molecule has 0 radical (unpaired) electrons. The molecule has 188 valence electrons. The van der Waals surface area contributed by atoms with Gasteiger partial charge in [-0.3, -0.25) is 29.6 Å². The van der Waals surface area contributed by atoms with Gasteiger partial charge in [0.25, 0.3) is 17.3 Å². The van der Waals surface area contributed by atoms with Crippen LogP contribution in [0.25, 0.3) is 17.2 Å². The number of rotatable bonds is 8. The molecule has 1 amide bonds. The number of benzene rings is 2. The van der Waals surface area contributed by atoms with Crippen molar-refractivity contribution < 1.29 is 24.1 Å². The summed E-state index contributed by atoms with van der Waals surface area (Å²) in [6.45, 7) is 2.12. The van der Waals surface area contributed by atoms with Crippen LogP contribution in [-0.2, 0) is 0 Å². The van der Waals surface area contributed by atoms with Gasteiger partial charge in [0.15, 0.2) is 0 Å². The van der Waals surface area contributed by atoms with Gasteiger partial charge in [0.2, 0.25) is 22.5 Å². The van der Waals surface area contributed by atoms with E-state index in [2.05, 4.69) is 15.0 Å². The Morgan fingerprint density at radius 2 is 1.68 bits per heavy atom. The van der Waals surface area contributed by atoms with Crippen molar-refractivity contribution in [1.29, 1.82) is 0 Å². The molecule has 13 nitrogen and oxygen atoms in total. The molecular formula is C23H18N6O7S. The van der Waals surface area contributed by atoms with Gasteiger partial charge in [-0.2, -0.15) is 15.0 Å². The maximum Gasteiger partial charge on any atom is 0.280 e. The summed E-state index contributed by atoms with van der Waals surface area (Å²) >= 11 is 1.09. The summed E-state index contributed by atoms with van der Waals surface area (Å²) in [5, 5.41) is 24.2. The molecule has 0 atom stereocenters. The van der Waals surface area contributed by atoms with E-state index >= 15 is 0 Å². The molecule has 0 unspecified atom stereocenters. The molecule has 0 N–H and O–H groups in total. The molecule has 2 heterocycles. The molecule has 0 saturated heterocycles. The smallest absolute Gasteiger partial charge is 0.280 e. The normalized spacial score (nSPS) is 11.2. The number of carbonyl (C=O) groups is 1. The highest BCUT2D eigenvalue weighted by Crippen LogP contribution is 2.26. The third kappa shape index (κ3) is 5.48. The van der Waals surface area contributed by atoms with Gasteiger partial charge in [0.05, 0.1) is 47.0 Å². The van der Waals surface area contributed by atoms with Crippen LogP contribution in [0.3, 0.4) is 0 Å². The number of methoxy groups -OCH3 is 1. The Labute approximate surface area is 212 Å². The molecule has 2 aromatic heterocycles. The molecule has 0 aliphatic heterocycles. The van der Waals surface area contributed by atoms with E-state index in [1.807, 2.05) is 30.3 Å². The predicted molar refractivity (Wildman–Crippen MR) is 132 cm³/mol. The molecule has 4 rings (SSSR count). The van der Waals surface area contributed by atoms with Crippen LogP contribution in [0.15, 0.2) is 65.0 Å². The van der Waals surface area contributed by atoms with Gasteiger partial charge in [0.1, 0.15) is 0 Å². The van der Waals surface area contributed by atoms with Crippen molar-refractivity contribution in [1.82, 2.24) is 14.5 Å². The summed E-state index contributed by atoms with van der Waals surface area (Å²) in [4.78, 5) is 47.0. The van der Waals surface area contributed by atoms with Gasteiger partial charge < -0.3 is 9.47 Å². The molecule has 0 fully saturated rings. The lowest BCUT2D eigenvalue weighted by molar-refractivity contribution is -0.394. The molecule has 37 heavy (non-hydrogen) atoms. The van der Waals surface area contributed by atoms with Gasteiger partial charge in [-0.15, -0.1) is 11.3 Å². The summed E-state index contributed by atoms with van der Waals surface area (Å²) in [7, 11) is 1.43. The van der Waals surface area contributed by atoms with E-state index in [1.54, 1.807) is 12.3 Å². The number of thiazole rings is 1. The van der Waals surface area contributed by atoms with Crippen LogP contribution < -0.4 is 14.3 Å². The van der Waals surface area contributed by atoms with Gasteiger partial charge in [-0.1, -0.05) is 30.3 Å². The predicted octanol–water partition coefficient (Wildman–Crippen LogP) is 3.96. The second-order valence-corrected chi connectivity index (χ2v) is 8.09. The lowest BCUT2D eigenvalue weighted by Crippen LogP contribution is -2.19. The first-order valence-corrected chi connectivity index (χ1v) is 11.5. The first-order valence-electron chi connectivity index (χ1n) is 10.7. The van der Waals surface area contributed by atoms with Crippen LogP contribution in [0.5, 0.6) is 11.8 Å². The molecule has 0 spiro atoms. The van der Waals surface area contributed by atoms with Crippen molar-refractivity contribution in [2.45, 2.75) is 6.92 Å². The van der Waals surface area contributed by atoms with Crippen LogP contribution in [0.4, 0.5) is 11.4 Å². The fraction of sp³-hybridized carbons (Fsp3) is 0.130. The zero-order valence-electron chi connectivity index (χ0n) is 19.4. The fourth-order valence-electron chi connectivity index (χ4n) is 3.29. The highest BCUT2D eigenvalue weighted by Gasteiger charge is 2.21. The maximum atomic E-state index is 13.1. The zero-order valence-corrected chi connectivity index (χ0v) is 20.2. The Morgan fingerprint density at radius 3 is 2.27 bits per heavy atom. The number of nitro benzene ring substituents is 2. The summed E-state index contributed by atoms with van der Waals surface area (Å²) < 4.78 is 12.3. The number of nitro groups is 2. The third-order valence-electron chi connectivity index (χ3n) is 4.91. The number of aromatic nitrogens is 3. The number of ether oxygens (including phenoxy) is 2. The van der Waals surface area contributed by atoms with Crippen molar-refractivity contribution in [3.63, 3.8) is 0 Å². The Hall–Kier alpha value is -4.98. The van der Waals surface area contributed by atoms with E-state index in [-0.39, 0.29) is 28.1 Å². The van der Waals surface area contributed by atoms with Crippen molar-refractivity contribution >= 4 is 28.6 Å². The summed E-state index contributed by atoms with van der Waals surface area (Å²) in [6.07, 6.45) is 0. The number of carbonyl (C=O) groups excluding carboxylic acids is 1. The van der Waals surface area contributed by atoms with Crippen LogP contribution in [0.1, 0.15) is 17.3 Å². The molecule has 0 aliphatic rings. The molecule has 14 heteroatoms. The van der Waals surface area contributed by atoms with Gasteiger partial charge in [0, 0.05) is 17.5 Å². The summed E-state index contributed by atoms with van der Waals surface area (Å²) in [5.74, 6) is -0.388.